The molecular weight excluding hydrogens is 216 g/mol. The molecule has 0 aliphatic carbocycles. The standard InChI is InChI=1S/C15H21Cl/c1-3-5-6-10-13(9-4-2)14-11-7-8-12-15(14)16/h5-8,11-13H,3-4,9-10H2,1-2H3/b6-5-. The third kappa shape index (κ3) is 4.02. The first-order valence-electron chi connectivity index (χ1n) is 6.19. The molecule has 1 unspecified atom stereocenters. The predicted molar refractivity (Wildman–Crippen MR) is 73.1 cm³/mol. The van der Waals surface area contributed by atoms with Crippen molar-refractivity contribution in [2.24, 2.45) is 0 Å². The van der Waals surface area contributed by atoms with Crippen molar-refractivity contribution in [2.45, 2.75) is 45.4 Å². The molecule has 1 aromatic carbocycles. The van der Waals surface area contributed by atoms with Gasteiger partial charge in [0.1, 0.15) is 0 Å². The number of hydrogen-bond donors (Lipinski definition) is 0. The monoisotopic (exact) mass is 236 g/mol. The van der Waals surface area contributed by atoms with E-state index in [1.807, 2.05) is 12.1 Å². The number of rotatable bonds is 6. The van der Waals surface area contributed by atoms with E-state index in [2.05, 4.69) is 38.1 Å². The minimum atomic E-state index is 0.571. The number of hydrogen-bond acceptors (Lipinski definition) is 0. The predicted octanol–water partition coefficient (Wildman–Crippen LogP) is 5.58. The fourth-order valence-corrected chi connectivity index (χ4v) is 2.27. The van der Waals surface area contributed by atoms with E-state index in [0.717, 1.165) is 17.9 Å². The molecule has 0 spiro atoms. The van der Waals surface area contributed by atoms with E-state index in [1.54, 1.807) is 0 Å². The van der Waals surface area contributed by atoms with Crippen LogP contribution in [-0.4, -0.2) is 0 Å². The Hall–Kier alpha value is -0.750. The van der Waals surface area contributed by atoms with Crippen molar-refractivity contribution in [1.82, 2.24) is 0 Å². The molecule has 0 amide bonds. The number of allylic oxidation sites excluding steroid dienone is 2. The Kier molecular flexibility index (Phi) is 6.25. The highest BCUT2D eigenvalue weighted by Gasteiger charge is 2.11. The maximum absolute atomic E-state index is 6.24. The van der Waals surface area contributed by atoms with Gasteiger partial charge in [0, 0.05) is 5.02 Å². The van der Waals surface area contributed by atoms with Crippen molar-refractivity contribution in [1.29, 1.82) is 0 Å². The molecule has 0 N–H and O–H groups in total. The Balaban J connectivity index is 2.76. The first-order valence-corrected chi connectivity index (χ1v) is 6.56. The minimum Gasteiger partial charge on any atom is -0.0888 e. The molecule has 1 rings (SSSR count). The third-order valence-corrected chi connectivity index (χ3v) is 3.15. The van der Waals surface area contributed by atoms with Gasteiger partial charge >= 0.3 is 0 Å². The zero-order chi connectivity index (χ0) is 11.8. The molecule has 0 aliphatic heterocycles. The average Bonchev–Trinajstić information content (AvgIpc) is 2.29. The molecule has 0 aliphatic rings. The van der Waals surface area contributed by atoms with Gasteiger partial charge in [0.05, 0.1) is 0 Å². The van der Waals surface area contributed by atoms with Gasteiger partial charge in [-0.1, -0.05) is 62.2 Å². The van der Waals surface area contributed by atoms with Crippen LogP contribution in [-0.2, 0) is 0 Å². The van der Waals surface area contributed by atoms with Crippen molar-refractivity contribution in [3.63, 3.8) is 0 Å². The summed E-state index contributed by atoms with van der Waals surface area (Å²) in [5.74, 6) is 0.571. The largest absolute Gasteiger partial charge is 0.0888 e. The van der Waals surface area contributed by atoms with Gasteiger partial charge in [-0.15, -0.1) is 0 Å². The van der Waals surface area contributed by atoms with E-state index >= 15 is 0 Å². The van der Waals surface area contributed by atoms with Crippen LogP contribution in [0.2, 0.25) is 5.02 Å². The SMILES string of the molecule is CC/C=C\CC(CCC)c1ccccc1Cl. The van der Waals surface area contributed by atoms with E-state index in [-0.39, 0.29) is 0 Å². The van der Waals surface area contributed by atoms with Gasteiger partial charge in [0.25, 0.3) is 0 Å². The van der Waals surface area contributed by atoms with Crippen molar-refractivity contribution in [3.8, 4) is 0 Å². The summed E-state index contributed by atoms with van der Waals surface area (Å²) in [6, 6.07) is 8.22. The highest BCUT2D eigenvalue weighted by Crippen LogP contribution is 2.30. The van der Waals surface area contributed by atoms with Crippen LogP contribution in [0.25, 0.3) is 0 Å². The van der Waals surface area contributed by atoms with E-state index in [1.165, 1.54) is 18.4 Å². The van der Waals surface area contributed by atoms with Crippen LogP contribution in [0.1, 0.15) is 51.0 Å². The second-order valence-corrected chi connectivity index (χ2v) is 4.53. The lowest BCUT2D eigenvalue weighted by molar-refractivity contribution is 0.620. The van der Waals surface area contributed by atoms with Crippen molar-refractivity contribution >= 4 is 11.6 Å². The van der Waals surface area contributed by atoms with Crippen molar-refractivity contribution < 1.29 is 0 Å². The Bertz CT molecular complexity index is 328. The molecule has 1 atom stereocenters. The van der Waals surface area contributed by atoms with E-state index in [9.17, 15) is 0 Å². The fraction of sp³-hybridized carbons (Fsp3) is 0.467. The molecule has 0 heterocycles. The molecule has 0 aromatic heterocycles. The first kappa shape index (κ1) is 13.3. The second kappa shape index (κ2) is 7.51. The van der Waals surface area contributed by atoms with Gasteiger partial charge < -0.3 is 0 Å². The molecule has 0 fully saturated rings. The molecule has 0 nitrogen and oxygen atoms in total. The van der Waals surface area contributed by atoms with Crippen LogP contribution in [0, 0.1) is 0 Å². The topological polar surface area (TPSA) is 0 Å². The van der Waals surface area contributed by atoms with Crippen LogP contribution >= 0.6 is 11.6 Å². The van der Waals surface area contributed by atoms with Crippen LogP contribution < -0.4 is 0 Å². The molecule has 0 saturated heterocycles. The highest BCUT2D eigenvalue weighted by atomic mass is 35.5. The van der Waals surface area contributed by atoms with Gasteiger partial charge in [-0.2, -0.15) is 0 Å². The number of halogens is 1. The smallest absolute Gasteiger partial charge is 0.0440 e. The molecule has 1 aromatic rings. The van der Waals surface area contributed by atoms with E-state index in [4.69, 9.17) is 11.6 Å². The maximum atomic E-state index is 6.24. The van der Waals surface area contributed by atoms with Crippen LogP contribution in [0.3, 0.4) is 0 Å². The summed E-state index contributed by atoms with van der Waals surface area (Å²) in [5.41, 5.74) is 1.30. The summed E-state index contributed by atoms with van der Waals surface area (Å²) >= 11 is 6.24. The van der Waals surface area contributed by atoms with Gasteiger partial charge in [0.2, 0.25) is 0 Å². The quantitative estimate of drug-likeness (QED) is 0.566. The molecule has 1 heteroatoms. The zero-order valence-corrected chi connectivity index (χ0v) is 11.0. The summed E-state index contributed by atoms with van der Waals surface area (Å²) < 4.78 is 0. The summed E-state index contributed by atoms with van der Waals surface area (Å²) in [6.45, 7) is 4.40. The van der Waals surface area contributed by atoms with Gasteiger partial charge in [-0.3, -0.25) is 0 Å². The molecule has 88 valence electrons. The zero-order valence-electron chi connectivity index (χ0n) is 10.2. The number of benzene rings is 1. The van der Waals surface area contributed by atoms with Crippen molar-refractivity contribution in [3.05, 3.63) is 47.0 Å². The highest BCUT2D eigenvalue weighted by molar-refractivity contribution is 6.31. The lowest BCUT2D eigenvalue weighted by Gasteiger charge is -2.16. The van der Waals surface area contributed by atoms with Crippen LogP contribution in [0.15, 0.2) is 36.4 Å². The molecule has 0 radical (unpaired) electrons. The summed E-state index contributed by atoms with van der Waals surface area (Å²) in [4.78, 5) is 0. The maximum Gasteiger partial charge on any atom is 0.0440 e. The normalized spacial score (nSPS) is 13.2. The Labute approximate surface area is 104 Å². The third-order valence-electron chi connectivity index (χ3n) is 2.81. The lowest BCUT2D eigenvalue weighted by atomic mass is 9.91. The van der Waals surface area contributed by atoms with Gasteiger partial charge in [-0.25, -0.2) is 0 Å². The Morgan fingerprint density at radius 2 is 1.94 bits per heavy atom. The lowest BCUT2D eigenvalue weighted by Crippen LogP contribution is -1.98. The van der Waals surface area contributed by atoms with Crippen LogP contribution in [0.4, 0.5) is 0 Å². The van der Waals surface area contributed by atoms with E-state index in [0.29, 0.717) is 5.92 Å². The Morgan fingerprint density at radius 1 is 1.19 bits per heavy atom. The molecular formula is C15H21Cl. The molecule has 0 saturated carbocycles. The summed E-state index contributed by atoms with van der Waals surface area (Å²) in [5, 5.41) is 0.908. The average molecular weight is 237 g/mol. The summed E-state index contributed by atoms with van der Waals surface area (Å²) in [7, 11) is 0. The van der Waals surface area contributed by atoms with Crippen molar-refractivity contribution in [2.75, 3.05) is 0 Å². The van der Waals surface area contributed by atoms with Gasteiger partial charge in [-0.05, 0) is 36.8 Å². The second-order valence-electron chi connectivity index (χ2n) is 4.12. The molecule has 0 bridgehead atoms. The first-order chi connectivity index (χ1) is 7.79. The summed E-state index contributed by atoms with van der Waals surface area (Å²) in [6.07, 6.45) is 9.14. The molecule has 16 heavy (non-hydrogen) atoms. The minimum absolute atomic E-state index is 0.571. The van der Waals surface area contributed by atoms with Crippen LogP contribution in [0.5, 0.6) is 0 Å². The van der Waals surface area contributed by atoms with Gasteiger partial charge in [0.15, 0.2) is 0 Å². The fourth-order valence-electron chi connectivity index (χ4n) is 1.98. The van der Waals surface area contributed by atoms with E-state index < -0.39 is 0 Å². The Morgan fingerprint density at radius 3 is 2.56 bits per heavy atom.